The van der Waals surface area contributed by atoms with Gasteiger partial charge < -0.3 is 9.32 Å². The van der Waals surface area contributed by atoms with Crippen molar-refractivity contribution in [2.45, 2.75) is 43.9 Å². The van der Waals surface area contributed by atoms with Crippen LogP contribution in [0.25, 0.3) is 77.2 Å². The third-order valence-electron chi connectivity index (χ3n) is 15.3. The third kappa shape index (κ3) is 6.38. The van der Waals surface area contributed by atoms with Crippen LogP contribution in [0.2, 0.25) is 0 Å². The van der Waals surface area contributed by atoms with Gasteiger partial charge in [-0.25, -0.2) is 0 Å². The second-order valence-corrected chi connectivity index (χ2v) is 19.1. The van der Waals surface area contributed by atoms with Crippen molar-refractivity contribution in [3.05, 3.63) is 212 Å². The van der Waals surface area contributed by atoms with Crippen molar-refractivity contribution in [3.8, 4) is 44.5 Å². The Hall–Kier alpha value is -7.16. The van der Waals surface area contributed by atoms with Gasteiger partial charge in [0.1, 0.15) is 11.2 Å². The molecule has 14 rings (SSSR count). The Morgan fingerprint density at radius 3 is 1.44 bits per heavy atom. The van der Waals surface area contributed by atoms with Crippen LogP contribution in [-0.2, 0) is 5.41 Å². The van der Waals surface area contributed by atoms with E-state index in [0.717, 1.165) is 56.8 Å². The van der Waals surface area contributed by atoms with Gasteiger partial charge in [0.25, 0.3) is 0 Å². The summed E-state index contributed by atoms with van der Waals surface area (Å²) in [7, 11) is 0. The molecule has 4 saturated carbocycles. The van der Waals surface area contributed by atoms with E-state index in [9.17, 15) is 0 Å². The largest absolute Gasteiger partial charge is 0.456 e. The van der Waals surface area contributed by atoms with E-state index in [-0.39, 0.29) is 0 Å². The molecule has 10 aromatic rings. The topological polar surface area (TPSA) is 16.4 Å². The Bertz CT molecular complexity index is 3280. The summed E-state index contributed by atoms with van der Waals surface area (Å²) in [5, 5.41) is 4.81. The Labute approximate surface area is 375 Å². The highest BCUT2D eigenvalue weighted by atomic mass is 16.3. The lowest BCUT2D eigenvalue weighted by molar-refractivity contribution is -0.00518. The third-order valence-corrected chi connectivity index (χ3v) is 15.3. The van der Waals surface area contributed by atoms with Crippen LogP contribution in [0, 0.1) is 17.8 Å². The van der Waals surface area contributed by atoms with Gasteiger partial charge >= 0.3 is 0 Å². The number of hydrogen-bond acceptors (Lipinski definition) is 2. The summed E-state index contributed by atoms with van der Waals surface area (Å²) in [6, 6.07) is 75.9. The van der Waals surface area contributed by atoms with Gasteiger partial charge in [-0.2, -0.15) is 0 Å². The number of hydrogen-bond donors (Lipinski definition) is 0. The first-order valence-electron chi connectivity index (χ1n) is 23.3. The molecule has 0 aliphatic heterocycles. The number of benzene rings is 9. The van der Waals surface area contributed by atoms with Crippen LogP contribution >= 0.6 is 0 Å². The fourth-order valence-electron chi connectivity index (χ4n) is 12.7. The number of fused-ring (bicyclic) bond motifs is 4. The monoisotopic (exact) mass is 823 g/mol. The highest BCUT2D eigenvalue weighted by Gasteiger charge is 2.51. The maximum Gasteiger partial charge on any atom is 0.135 e. The molecule has 0 saturated heterocycles. The Balaban J connectivity index is 0.855. The molecular weight excluding hydrogens is 775 g/mol. The van der Waals surface area contributed by atoms with E-state index in [1.165, 1.54) is 93.8 Å². The Morgan fingerprint density at radius 1 is 0.375 bits per heavy atom. The molecule has 4 aliphatic carbocycles. The first-order valence-corrected chi connectivity index (χ1v) is 23.3. The molecule has 4 aliphatic rings. The van der Waals surface area contributed by atoms with Crippen LogP contribution in [-0.4, -0.2) is 0 Å². The fourth-order valence-corrected chi connectivity index (χ4v) is 12.7. The zero-order valence-electron chi connectivity index (χ0n) is 36.0. The summed E-state index contributed by atoms with van der Waals surface area (Å²) in [4.78, 5) is 2.39. The minimum atomic E-state index is 0.418. The van der Waals surface area contributed by atoms with Gasteiger partial charge in [0.15, 0.2) is 0 Å². The second kappa shape index (κ2) is 15.0. The normalized spacial score (nSPS) is 20.0. The lowest BCUT2D eigenvalue weighted by Crippen LogP contribution is -2.48. The predicted molar refractivity (Wildman–Crippen MR) is 268 cm³/mol. The van der Waals surface area contributed by atoms with Crippen LogP contribution in [0.3, 0.4) is 0 Å². The summed E-state index contributed by atoms with van der Waals surface area (Å²) in [6.07, 6.45) is 8.65. The first-order chi connectivity index (χ1) is 31.6. The smallest absolute Gasteiger partial charge is 0.135 e. The molecule has 4 fully saturated rings. The van der Waals surface area contributed by atoms with Crippen molar-refractivity contribution in [3.63, 3.8) is 0 Å². The van der Waals surface area contributed by atoms with Crippen molar-refractivity contribution in [1.82, 2.24) is 0 Å². The van der Waals surface area contributed by atoms with E-state index in [0.29, 0.717) is 5.41 Å². The number of anilines is 3. The molecule has 0 atom stereocenters. The zero-order chi connectivity index (χ0) is 42.2. The van der Waals surface area contributed by atoms with E-state index < -0.39 is 0 Å². The van der Waals surface area contributed by atoms with Gasteiger partial charge in [0.2, 0.25) is 0 Å². The zero-order valence-corrected chi connectivity index (χ0v) is 36.0. The minimum Gasteiger partial charge on any atom is -0.456 e. The lowest BCUT2D eigenvalue weighted by Gasteiger charge is -2.57. The molecule has 2 nitrogen and oxygen atoms in total. The molecule has 64 heavy (non-hydrogen) atoms. The van der Waals surface area contributed by atoms with Gasteiger partial charge in [-0.15, -0.1) is 0 Å². The molecule has 1 aromatic heterocycles. The molecule has 9 aromatic carbocycles. The van der Waals surface area contributed by atoms with Crippen molar-refractivity contribution in [2.75, 3.05) is 4.90 Å². The molecule has 308 valence electrons. The van der Waals surface area contributed by atoms with Crippen LogP contribution in [0.15, 0.2) is 211 Å². The minimum absolute atomic E-state index is 0.418. The van der Waals surface area contributed by atoms with E-state index in [2.05, 4.69) is 199 Å². The molecule has 0 radical (unpaired) electrons. The van der Waals surface area contributed by atoms with Crippen molar-refractivity contribution >= 4 is 49.8 Å². The Kier molecular flexibility index (Phi) is 8.76. The summed E-state index contributed by atoms with van der Waals surface area (Å²) < 4.78 is 6.15. The van der Waals surface area contributed by atoms with Crippen molar-refractivity contribution in [2.24, 2.45) is 17.8 Å². The predicted octanol–water partition coefficient (Wildman–Crippen LogP) is 17.3. The van der Waals surface area contributed by atoms with E-state index in [1.807, 2.05) is 12.1 Å². The molecule has 0 unspecified atom stereocenters. The SMILES string of the molecule is c1ccc(-c2cccc3cccc(-c4ccc(N(c5ccc(-c6ccc(C78CC9CC(CC(C9)C7)C8)cc6)cc5)c5ccc(-c6ccc7oc8ccccc8c7c6)cc5)cc4)c23)cc1. The first kappa shape index (κ1) is 37.4. The highest BCUT2D eigenvalue weighted by molar-refractivity contribution is 6.07. The fraction of sp³-hybridized carbons (Fsp3) is 0.161. The number of nitrogens with zero attached hydrogens (tertiary/aromatic N) is 1. The number of furan rings is 1. The van der Waals surface area contributed by atoms with Crippen LogP contribution in [0.5, 0.6) is 0 Å². The van der Waals surface area contributed by atoms with Gasteiger partial charge in [0.05, 0.1) is 0 Å². The number of rotatable bonds is 8. The van der Waals surface area contributed by atoms with Crippen LogP contribution < -0.4 is 4.90 Å². The average Bonchev–Trinajstić information content (AvgIpc) is 3.72. The summed E-state index contributed by atoms with van der Waals surface area (Å²) in [5.74, 6) is 2.85. The maximum atomic E-state index is 6.15. The molecule has 4 bridgehead atoms. The molecule has 0 N–H and O–H groups in total. The lowest BCUT2D eigenvalue weighted by atomic mass is 9.48. The van der Waals surface area contributed by atoms with Crippen LogP contribution in [0.1, 0.15) is 44.1 Å². The van der Waals surface area contributed by atoms with E-state index in [4.69, 9.17) is 4.42 Å². The van der Waals surface area contributed by atoms with E-state index in [1.54, 1.807) is 5.56 Å². The van der Waals surface area contributed by atoms with Crippen molar-refractivity contribution < 1.29 is 4.42 Å². The summed E-state index contributed by atoms with van der Waals surface area (Å²) in [6.45, 7) is 0. The van der Waals surface area contributed by atoms with Gasteiger partial charge in [0, 0.05) is 27.8 Å². The quantitative estimate of drug-likeness (QED) is 0.152. The molecule has 2 heteroatoms. The molecule has 0 spiro atoms. The van der Waals surface area contributed by atoms with Gasteiger partial charge in [-0.3, -0.25) is 0 Å². The van der Waals surface area contributed by atoms with Gasteiger partial charge in [-0.1, -0.05) is 152 Å². The highest BCUT2D eigenvalue weighted by Crippen LogP contribution is 2.61. The maximum absolute atomic E-state index is 6.15. The summed E-state index contributed by atoms with van der Waals surface area (Å²) in [5.41, 5.74) is 17.0. The molecule has 1 heterocycles. The average molecular weight is 824 g/mol. The molecular formula is C62H49NO. The summed E-state index contributed by atoms with van der Waals surface area (Å²) >= 11 is 0. The standard InChI is InChI=1S/C62H49NO/c1-2-8-47(9-3-1)55-13-6-10-49-11-7-14-56(61(49)55)48-22-31-54(32-23-48)63(53-29-20-46(21-30-53)50-24-33-60-58(37-50)57-12-4-5-15-59(57)64-60)52-27-18-45(19-28-52)44-16-25-51(26-17-44)62-38-41-34-42(39-62)36-43(35-41)40-62/h1-33,37,41-43H,34-36,38-40H2. The molecule has 0 amide bonds. The number of para-hydroxylation sites is 1. The van der Waals surface area contributed by atoms with Crippen LogP contribution in [0.4, 0.5) is 17.1 Å². The van der Waals surface area contributed by atoms with E-state index >= 15 is 0 Å². The Morgan fingerprint density at radius 2 is 0.844 bits per heavy atom. The second-order valence-electron chi connectivity index (χ2n) is 19.1. The van der Waals surface area contributed by atoms with Crippen molar-refractivity contribution in [1.29, 1.82) is 0 Å². The van der Waals surface area contributed by atoms with Gasteiger partial charge in [-0.05, 0) is 177 Å².